The molecule has 3 N–H and O–H groups in total. The second-order valence-electron chi connectivity index (χ2n) is 4.43. The highest BCUT2D eigenvalue weighted by Crippen LogP contribution is 2.28. The largest absolute Gasteiger partial charge is 0.389 e. The topological polar surface area (TPSA) is 58.4 Å². The summed E-state index contributed by atoms with van der Waals surface area (Å²) in [7, 11) is 0. The number of anilines is 1. The highest BCUT2D eigenvalue weighted by atomic mass is 79.9. The predicted octanol–water partition coefficient (Wildman–Crippen LogP) is 1.80. The number of nitrogens with two attached hydrogens (primary N) is 1. The Hall–Kier alpha value is -1.14. The van der Waals surface area contributed by atoms with Crippen molar-refractivity contribution in [2.75, 3.05) is 18.0 Å². The van der Waals surface area contributed by atoms with Crippen molar-refractivity contribution < 1.29 is 4.79 Å². The maximum Gasteiger partial charge on any atom is 0.242 e. The average molecular weight is 342 g/mol. The van der Waals surface area contributed by atoms with Crippen LogP contribution in [0.15, 0.2) is 22.7 Å². The van der Waals surface area contributed by atoms with E-state index < -0.39 is 0 Å². The summed E-state index contributed by atoms with van der Waals surface area (Å²) in [5.41, 5.74) is 7.51. The lowest BCUT2D eigenvalue weighted by molar-refractivity contribution is -0.123. The molecule has 102 valence electrons. The molecule has 6 heteroatoms. The number of nitrogens with zero attached hydrogens (tertiary/aromatic N) is 1. The van der Waals surface area contributed by atoms with E-state index in [0.717, 1.165) is 28.7 Å². The molecule has 1 atom stereocenters. The molecule has 1 amide bonds. The average Bonchev–Trinajstić information content (AvgIpc) is 2.37. The number of thiocarbonyl (C=S) groups is 1. The van der Waals surface area contributed by atoms with Gasteiger partial charge in [0.15, 0.2) is 0 Å². The number of halogens is 1. The third-order valence-electron chi connectivity index (χ3n) is 3.25. The lowest BCUT2D eigenvalue weighted by atomic mass is 10.1. The summed E-state index contributed by atoms with van der Waals surface area (Å²) in [6, 6.07) is 5.59. The van der Waals surface area contributed by atoms with E-state index in [1.807, 2.05) is 25.1 Å². The lowest BCUT2D eigenvalue weighted by Crippen LogP contribution is -2.55. The van der Waals surface area contributed by atoms with Crippen LogP contribution >= 0.6 is 28.1 Å². The fraction of sp³-hybridized carbons (Fsp3) is 0.385. The SMILES string of the molecule is CCC1C(=O)NCCN1c1cc(Br)ccc1C(N)=S. The van der Waals surface area contributed by atoms with E-state index in [0.29, 0.717) is 11.5 Å². The molecule has 0 spiro atoms. The molecule has 1 aliphatic heterocycles. The van der Waals surface area contributed by atoms with E-state index >= 15 is 0 Å². The van der Waals surface area contributed by atoms with E-state index in [1.165, 1.54) is 0 Å². The minimum absolute atomic E-state index is 0.0580. The molecular formula is C13H16BrN3OS. The van der Waals surface area contributed by atoms with Gasteiger partial charge in [0.1, 0.15) is 11.0 Å². The van der Waals surface area contributed by atoms with Gasteiger partial charge in [-0.05, 0) is 24.6 Å². The van der Waals surface area contributed by atoms with Crippen LogP contribution in [-0.4, -0.2) is 30.0 Å². The Morgan fingerprint density at radius 2 is 2.37 bits per heavy atom. The predicted molar refractivity (Wildman–Crippen MR) is 84.5 cm³/mol. The molecule has 0 bridgehead atoms. The fourth-order valence-corrected chi connectivity index (χ4v) is 2.88. The van der Waals surface area contributed by atoms with Crippen LogP contribution < -0.4 is 16.0 Å². The van der Waals surface area contributed by atoms with E-state index in [4.69, 9.17) is 18.0 Å². The van der Waals surface area contributed by atoms with Crippen LogP contribution in [0.3, 0.4) is 0 Å². The Bertz CT molecular complexity index is 521. The van der Waals surface area contributed by atoms with Gasteiger partial charge in [0.05, 0.1) is 0 Å². The van der Waals surface area contributed by atoms with Crippen LogP contribution in [0.5, 0.6) is 0 Å². The number of carbonyl (C=O) groups excluding carboxylic acids is 1. The zero-order valence-electron chi connectivity index (χ0n) is 10.6. The molecule has 1 aliphatic rings. The zero-order valence-corrected chi connectivity index (χ0v) is 13.1. The molecule has 1 aromatic rings. The molecule has 0 radical (unpaired) electrons. The third-order valence-corrected chi connectivity index (χ3v) is 3.97. The first-order valence-electron chi connectivity index (χ1n) is 6.18. The smallest absolute Gasteiger partial charge is 0.242 e. The summed E-state index contributed by atoms with van der Waals surface area (Å²) in [5, 5.41) is 2.89. The second kappa shape index (κ2) is 5.88. The number of amides is 1. The van der Waals surface area contributed by atoms with Crippen molar-refractivity contribution in [3.05, 3.63) is 28.2 Å². The van der Waals surface area contributed by atoms with Crippen molar-refractivity contribution in [2.45, 2.75) is 19.4 Å². The Labute approximate surface area is 126 Å². The highest BCUT2D eigenvalue weighted by Gasteiger charge is 2.29. The van der Waals surface area contributed by atoms with Gasteiger partial charge < -0.3 is 16.0 Å². The molecule has 1 aromatic carbocycles. The van der Waals surface area contributed by atoms with Crippen molar-refractivity contribution in [1.29, 1.82) is 0 Å². The molecule has 1 unspecified atom stereocenters. The summed E-state index contributed by atoms with van der Waals surface area (Å²) in [6.07, 6.45) is 0.745. The maximum atomic E-state index is 11.9. The van der Waals surface area contributed by atoms with E-state index in [2.05, 4.69) is 26.1 Å². The van der Waals surface area contributed by atoms with Crippen LogP contribution in [0.25, 0.3) is 0 Å². The molecular weight excluding hydrogens is 326 g/mol. The van der Waals surface area contributed by atoms with Gasteiger partial charge in [0, 0.05) is 28.8 Å². The first kappa shape index (κ1) is 14.3. The standard InChI is InChI=1S/C13H16BrN3OS/c1-2-10-13(18)16-5-6-17(10)11-7-8(14)3-4-9(11)12(15)19/h3-4,7,10H,2,5-6H2,1H3,(H2,15,19)(H,16,18). The minimum Gasteiger partial charge on any atom is -0.389 e. The normalized spacial score (nSPS) is 19.2. The van der Waals surface area contributed by atoms with Gasteiger partial charge in [0.2, 0.25) is 5.91 Å². The summed E-state index contributed by atoms with van der Waals surface area (Å²) in [6.45, 7) is 3.40. The van der Waals surface area contributed by atoms with Crippen molar-refractivity contribution in [3.63, 3.8) is 0 Å². The van der Waals surface area contributed by atoms with Crippen LogP contribution in [-0.2, 0) is 4.79 Å². The number of rotatable bonds is 3. The Balaban J connectivity index is 2.46. The molecule has 1 saturated heterocycles. The van der Waals surface area contributed by atoms with E-state index in [9.17, 15) is 4.79 Å². The van der Waals surface area contributed by atoms with Crippen molar-refractivity contribution in [1.82, 2.24) is 5.32 Å². The van der Waals surface area contributed by atoms with Crippen LogP contribution in [0.1, 0.15) is 18.9 Å². The molecule has 0 aromatic heterocycles. The van der Waals surface area contributed by atoms with Crippen molar-refractivity contribution in [2.24, 2.45) is 5.73 Å². The Kier molecular flexibility index (Phi) is 4.42. The highest BCUT2D eigenvalue weighted by molar-refractivity contribution is 9.10. The van der Waals surface area contributed by atoms with Gasteiger partial charge in [-0.1, -0.05) is 35.1 Å². The number of hydrogen-bond donors (Lipinski definition) is 2. The summed E-state index contributed by atoms with van der Waals surface area (Å²) < 4.78 is 0.948. The van der Waals surface area contributed by atoms with Gasteiger partial charge in [-0.15, -0.1) is 0 Å². The number of piperazine rings is 1. The zero-order chi connectivity index (χ0) is 14.0. The summed E-state index contributed by atoms with van der Waals surface area (Å²) in [5.74, 6) is 0.0580. The van der Waals surface area contributed by atoms with Crippen molar-refractivity contribution in [3.8, 4) is 0 Å². The fourth-order valence-electron chi connectivity index (χ4n) is 2.36. The summed E-state index contributed by atoms with van der Waals surface area (Å²) >= 11 is 8.56. The second-order valence-corrected chi connectivity index (χ2v) is 5.79. The first-order valence-corrected chi connectivity index (χ1v) is 7.38. The quantitative estimate of drug-likeness (QED) is 0.823. The van der Waals surface area contributed by atoms with Gasteiger partial charge in [-0.25, -0.2) is 0 Å². The monoisotopic (exact) mass is 341 g/mol. The van der Waals surface area contributed by atoms with Crippen LogP contribution in [0.2, 0.25) is 0 Å². The molecule has 1 fully saturated rings. The van der Waals surface area contributed by atoms with Gasteiger partial charge >= 0.3 is 0 Å². The molecule has 4 nitrogen and oxygen atoms in total. The van der Waals surface area contributed by atoms with Crippen LogP contribution in [0.4, 0.5) is 5.69 Å². The number of benzene rings is 1. The minimum atomic E-state index is -0.170. The Morgan fingerprint density at radius 1 is 1.63 bits per heavy atom. The van der Waals surface area contributed by atoms with E-state index in [-0.39, 0.29) is 11.9 Å². The van der Waals surface area contributed by atoms with E-state index in [1.54, 1.807) is 0 Å². The lowest BCUT2D eigenvalue weighted by Gasteiger charge is -2.37. The number of hydrogen-bond acceptors (Lipinski definition) is 3. The molecule has 19 heavy (non-hydrogen) atoms. The molecule has 0 saturated carbocycles. The molecule has 0 aliphatic carbocycles. The van der Waals surface area contributed by atoms with Crippen molar-refractivity contribution >= 4 is 44.7 Å². The third kappa shape index (κ3) is 2.90. The number of nitrogens with one attached hydrogen (secondary N) is 1. The first-order chi connectivity index (χ1) is 9.04. The summed E-state index contributed by atoms with van der Waals surface area (Å²) in [4.78, 5) is 14.4. The van der Waals surface area contributed by atoms with Gasteiger partial charge in [-0.3, -0.25) is 4.79 Å². The number of carbonyl (C=O) groups is 1. The molecule has 2 rings (SSSR count). The van der Waals surface area contributed by atoms with Gasteiger partial charge in [-0.2, -0.15) is 0 Å². The maximum absolute atomic E-state index is 11.9. The van der Waals surface area contributed by atoms with Gasteiger partial charge in [0.25, 0.3) is 0 Å². The van der Waals surface area contributed by atoms with Crippen LogP contribution in [0, 0.1) is 0 Å². The molecule has 1 heterocycles. The Morgan fingerprint density at radius 3 is 3.00 bits per heavy atom.